The molecule has 0 aromatic heterocycles. The minimum Gasteiger partial charge on any atom is -0.352 e. The smallest absolute Gasteiger partial charge is 0.244 e. The molecule has 218 valence electrons. The summed E-state index contributed by atoms with van der Waals surface area (Å²) < 4.78 is 27.7. The molecular weight excluding hydrogens is 602 g/mol. The number of rotatable bonds is 11. The minimum atomic E-state index is -3.80. The van der Waals surface area contributed by atoms with Gasteiger partial charge in [-0.05, 0) is 60.7 Å². The van der Waals surface area contributed by atoms with Gasteiger partial charge in [0.05, 0.1) is 11.9 Å². The van der Waals surface area contributed by atoms with Gasteiger partial charge in [-0.1, -0.05) is 89.8 Å². The number of carbonyl (C=O) groups excluding carboxylic acids is 2. The topological polar surface area (TPSA) is 86.8 Å². The number of hydrogen-bond acceptors (Lipinski definition) is 4. The van der Waals surface area contributed by atoms with E-state index < -0.39 is 28.5 Å². The van der Waals surface area contributed by atoms with Crippen molar-refractivity contribution in [2.75, 3.05) is 17.1 Å². The lowest BCUT2D eigenvalue weighted by Gasteiger charge is -2.35. The molecule has 4 rings (SSSR count). The molecule has 9 heteroatoms. The zero-order valence-electron chi connectivity index (χ0n) is 23.6. The van der Waals surface area contributed by atoms with Crippen molar-refractivity contribution < 1.29 is 18.0 Å². The molecule has 0 heterocycles. The van der Waals surface area contributed by atoms with Crippen LogP contribution in [0.3, 0.4) is 0 Å². The van der Waals surface area contributed by atoms with Gasteiger partial charge < -0.3 is 10.2 Å². The second-order valence-electron chi connectivity index (χ2n) is 10.7. The van der Waals surface area contributed by atoms with E-state index in [0.29, 0.717) is 12.1 Å². The van der Waals surface area contributed by atoms with Crippen LogP contribution in [0.25, 0.3) is 0 Å². The minimum absolute atomic E-state index is 0.0696. The summed E-state index contributed by atoms with van der Waals surface area (Å²) in [5.74, 6) is -0.654. The summed E-state index contributed by atoms with van der Waals surface area (Å²) >= 11 is 3.38. The van der Waals surface area contributed by atoms with E-state index in [0.717, 1.165) is 63.8 Å². The zero-order chi connectivity index (χ0) is 29.4. The molecule has 0 unspecified atom stereocenters. The number of benzene rings is 3. The van der Waals surface area contributed by atoms with Crippen molar-refractivity contribution >= 4 is 43.5 Å². The Kier molecular flexibility index (Phi) is 10.6. The fourth-order valence-electron chi connectivity index (χ4n) is 5.29. The van der Waals surface area contributed by atoms with Gasteiger partial charge in [0.25, 0.3) is 0 Å². The first-order valence-corrected chi connectivity index (χ1v) is 16.7. The first kappa shape index (κ1) is 30.8. The van der Waals surface area contributed by atoms with Gasteiger partial charge in [0.15, 0.2) is 0 Å². The van der Waals surface area contributed by atoms with Crippen LogP contribution in [0.4, 0.5) is 5.69 Å². The summed E-state index contributed by atoms with van der Waals surface area (Å²) in [7, 11) is -3.80. The molecule has 1 atom stereocenters. The number of aryl methyl sites for hydroxylation is 1. The number of halogens is 1. The van der Waals surface area contributed by atoms with Crippen molar-refractivity contribution in [1.82, 2.24) is 10.2 Å². The maximum Gasteiger partial charge on any atom is 0.244 e. The predicted molar refractivity (Wildman–Crippen MR) is 167 cm³/mol. The molecule has 1 aliphatic carbocycles. The quantitative estimate of drug-likeness (QED) is 0.295. The molecule has 3 aromatic carbocycles. The molecule has 1 fully saturated rings. The molecule has 3 aromatic rings. The maximum absolute atomic E-state index is 14.2. The molecule has 0 bridgehead atoms. The average Bonchev–Trinajstić information content (AvgIpc) is 2.95. The lowest BCUT2D eigenvalue weighted by molar-refractivity contribution is -0.140. The van der Waals surface area contributed by atoms with Crippen LogP contribution < -0.4 is 9.62 Å². The third kappa shape index (κ3) is 8.66. The Hall–Kier alpha value is -3.17. The van der Waals surface area contributed by atoms with E-state index in [2.05, 4.69) is 21.2 Å². The number of amides is 2. The van der Waals surface area contributed by atoms with Gasteiger partial charge in [0, 0.05) is 23.5 Å². The van der Waals surface area contributed by atoms with Gasteiger partial charge in [0.2, 0.25) is 21.8 Å². The summed E-state index contributed by atoms with van der Waals surface area (Å²) in [5, 5.41) is 3.23. The van der Waals surface area contributed by atoms with Crippen LogP contribution in [0.15, 0.2) is 83.3 Å². The molecule has 0 radical (unpaired) electrons. The van der Waals surface area contributed by atoms with Gasteiger partial charge in [0.1, 0.15) is 12.6 Å². The van der Waals surface area contributed by atoms with Gasteiger partial charge >= 0.3 is 0 Å². The average molecular weight is 641 g/mol. The largest absolute Gasteiger partial charge is 0.352 e. The number of nitrogens with one attached hydrogen (secondary N) is 1. The first-order chi connectivity index (χ1) is 19.6. The van der Waals surface area contributed by atoms with Crippen LogP contribution in [0.1, 0.15) is 48.8 Å². The van der Waals surface area contributed by atoms with E-state index in [-0.39, 0.29) is 18.5 Å². The lowest BCUT2D eigenvalue weighted by atomic mass is 9.94. The van der Waals surface area contributed by atoms with Crippen molar-refractivity contribution in [3.05, 3.63) is 100 Å². The van der Waals surface area contributed by atoms with Crippen molar-refractivity contribution in [2.24, 2.45) is 0 Å². The second kappa shape index (κ2) is 14.1. The summed E-state index contributed by atoms with van der Waals surface area (Å²) in [6.45, 7) is 1.73. The third-order valence-electron chi connectivity index (χ3n) is 7.62. The van der Waals surface area contributed by atoms with Crippen LogP contribution in [-0.4, -0.2) is 50.0 Å². The Labute approximate surface area is 252 Å². The normalized spacial score (nSPS) is 14.7. The van der Waals surface area contributed by atoms with Crippen molar-refractivity contribution in [2.45, 2.75) is 64.1 Å². The Morgan fingerprint density at radius 2 is 1.56 bits per heavy atom. The molecule has 1 N–H and O–H groups in total. The third-order valence-corrected chi connectivity index (χ3v) is 9.29. The molecular formula is C32H38BrN3O4S. The lowest BCUT2D eigenvalue weighted by Crippen LogP contribution is -2.55. The fraction of sp³-hybridized carbons (Fsp3) is 0.375. The Bertz CT molecular complexity index is 1420. The van der Waals surface area contributed by atoms with Crippen molar-refractivity contribution in [3.63, 3.8) is 0 Å². The Balaban J connectivity index is 1.72. The van der Waals surface area contributed by atoms with E-state index in [1.807, 2.05) is 61.5 Å². The number of hydrogen-bond donors (Lipinski definition) is 1. The molecule has 7 nitrogen and oxygen atoms in total. The van der Waals surface area contributed by atoms with Crippen LogP contribution in [0.2, 0.25) is 0 Å². The van der Waals surface area contributed by atoms with Crippen LogP contribution in [-0.2, 0) is 32.6 Å². The van der Waals surface area contributed by atoms with Gasteiger partial charge in [-0.3, -0.25) is 13.9 Å². The number of anilines is 1. The highest BCUT2D eigenvalue weighted by Crippen LogP contribution is 2.24. The van der Waals surface area contributed by atoms with Gasteiger partial charge in [-0.25, -0.2) is 8.42 Å². The highest BCUT2D eigenvalue weighted by atomic mass is 79.9. The highest BCUT2D eigenvalue weighted by molar-refractivity contribution is 9.10. The van der Waals surface area contributed by atoms with Crippen molar-refractivity contribution in [3.8, 4) is 0 Å². The fourth-order valence-corrected chi connectivity index (χ4v) is 6.40. The van der Waals surface area contributed by atoms with E-state index in [1.165, 1.54) is 0 Å². The maximum atomic E-state index is 14.2. The van der Waals surface area contributed by atoms with E-state index in [4.69, 9.17) is 0 Å². The van der Waals surface area contributed by atoms with Crippen LogP contribution >= 0.6 is 15.9 Å². The SMILES string of the molecule is Cc1ccccc1CN(C(=O)CN(c1ccc(Br)cc1)S(C)(=O)=O)[C@H](Cc1ccccc1)C(=O)NC1CCCCC1. The molecule has 0 spiro atoms. The Morgan fingerprint density at radius 1 is 0.927 bits per heavy atom. The zero-order valence-corrected chi connectivity index (χ0v) is 26.0. The second-order valence-corrected chi connectivity index (χ2v) is 13.6. The number of nitrogens with zero attached hydrogens (tertiary/aromatic N) is 2. The van der Waals surface area contributed by atoms with Gasteiger partial charge in [-0.2, -0.15) is 0 Å². The summed E-state index contributed by atoms with van der Waals surface area (Å²) in [5.41, 5.74) is 3.20. The highest BCUT2D eigenvalue weighted by Gasteiger charge is 2.34. The van der Waals surface area contributed by atoms with Gasteiger partial charge in [-0.15, -0.1) is 0 Å². The van der Waals surface area contributed by atoms with E-state index in [9.17, 15) is 18.0 Å². The number of sulfonamides is 1. The summed E-state index contributed by atoms with van der Waals surface area (Å²) in [4.78, 5) is 29.8. The standard InChI is InChI=1S/C32H38BrN3O4S/c1-24-11-9-10-14-26(24)22-35(31(37)23-36(41(2,39)40)29-19-17-27(33)18-20-29)30(21-25-12-5-3-6-13-25)32(38)34-28-15-7-4-8-16-28/h3,5-6,9-14,17-20,28,30H,4,7-8,15-16,21-23H2,1-2H3,(H,34,38)/t30-/m1/s1. The summed E-state index contributed by atoms with van der Waals surface area (Å²) in [6.07, 6.45) is 6.53. The van der Waals surface area contributed by atoms with Crippen LogP contribution in [0, 0.1) is 6.92 Å². The van der Waals surface area contributed by atoms with Crippen molar-refractivity contribution in [1.29, 1.82) is 0 Å². The molecule has 2 amide bonds. The molecule has 0 saturated heterocycles. The molecule has 41 heavy (non-hydrogen) atoms. The molecule has 1 aliphatic rings. The molecule has 0 aliphatic heterocycles. The Morgan fingerprint density at radius 3 is 2.20 bits per heavy atom. The van der Waals surface area contributed by atoms with E-state index in [1.54, 1.807) is 29.2 Å². The molecule has 1 saturated carbocycles. The first-order valence-electron chi connectivity index (χ1n) is 14.0. The monoisotopic (exact) mass is 639 g/mol. The summed E-state index contributed by atoms with van der Waals surface area (Å²) in [6, 6.07) is 23.4. The van der Waals surface area contributed by atoms with E-state index >= 15 is 0 Å². The number of carbonyl (C=O) groups is 2. The van der Waals surface area contributed by atoms with Crippen LogP contribution in [0.5, 0.6) is 0 Å². The predicted octanol–water partition coefficient (Wildman–Crippen LogP) is 5.61.